The first-order valence-electron chi connectivity index (χ1n) is 8.48. The smallest absolute Gasteiger partial charge is 0.321 e. The maximum absolute atomic E-state index is 13.1. The van der Waals surface area contributed by atoms with Crippen molar-refractivity contribution < 1.29 is 14.3 Å². The summed E-state index contributed by atoms with van der Waals surface area (Å²) in [6, 6.07) is 9.52. The number of anilines is 1. The second-order valence-corrected chi connectivity index (χ2v) is 7.04. The monoisotopic (exact) mass is 341 g/mol. The van der Waals surface area contributed by atoms with E-state index in [9.17, 15) is 14.3 Å². The molecule has 6 heteroatoms. The van der Waals surface area contributed by atoms with Crippen molar-refractivity contribution >= 4 is 11.7 Å². The second-order valence-electron chi connectivity index (χ2n) is 7.04. The van der Waals surface area contributed by atoms with E-state index in [1.54, 1.807) is 41.6 Å². The molecule has 0 bridgehead atoms. The molecule has 2 aliphatic rings. The number of likely N-dealkylation sites (tertiary alicyclic amines) is 1. The highest BCUT2D eigenvalue weighted by Gasteiger charge is 2.49. The standard InChI is InChI=1S/C19H20FN3O2/c20-16-5-3-15(4-6-16)19(25)8-13-11-23(12-14(13)9-19)18(24)22-17-2-1-7-21-10-17/h1-7,10,13-14,25H,8-9,11-12H2,(H,22,24)/t13-,14+,19-. The Balaban J connectivity index is 1.40. The number of carbonyl (C=O) groups is 1. The van der Waals surface area contributed by atoms with Gasteiger partial charge in [0.05, 0.1) is 17.5 Å². The highest BCUT2D eigenvalue weighted by atomic mass is 19.1. The Hall–Kier alpha value is -2.47. The van der Waals surface area contributed by atoms with Gasteiger partial charge in [0.2, 0.25) is 0 Å². The number of amides is 2. The van der Waals surface area contributed by atoms with Crippen LogP contribution in [0.2, 0.25) is 0 Å². The average molecular weight is 341 g/mol. The van der Waals surface area contributed by atoms with Crippen molar-refractivity contribution in [2.24, 2.45) is 11.8 Å². The molecule has 1 saturated heterocycles. The molecular formula is C19H20FN3O2. The van der Waals surface area contributed by atoms with Gasteiger partial charge in [-0.3, -0.25) is 4.98 Å². The summed E-state index contributed by atoms with van der Waals surface area (Å²) in [6.45, 7) is 1.25. The van der Waals surface area contributed by atoms with Crippen LogP contribution >= 0.6 is 0 Å². The molecule has 1 aromatic carbocycles. The number of halogens is 1. The third-order valence-corrected chi connectivity index (χ3v) is 5.36. The molecule has 0 unspecified atom stereocenters. The molecular weight excluding hydrogens is 321 g/mol. The molecule has 2 N–H and O–H groups in total. The average Bonchev–Trinajstić information content (AvgIpc) is 3.12. The number of hydrogen-bond donors (Lipinski definition) is 2. The number of benzene rings is 1. The van der Waals surface area contributed by atoms with Gasteiger partial charge < -0.3 is 15.3 Å². The van der Waals surface area contributed by atoms with E-state index in [2.05, 4.69) is 10.3 Å². The molecule has 1 aromatic heterocycles. The molecule has 130 valence electrons. The quantitative estimate of drug-likeness (QED) is 0.882. The molecule has 2 heterocycles. The molecule has 2 fully saturated rings. The largest absolute Gasteiger partial charge is 0.385 e. The predicted octanol–water partition coefficient (Wildman–Crippen LogP) is 2.98. The Labute approximate surface area is 145 Å². The summed E-state index contributed by atoms with van der Waals surface area (Å²) in [7, 11) is 0. The van der Waals surface area contributed by atoms with Crippen molar-refractivity contribution in [2.75, 3.05) is 18.4 Å². The first-order chi connectivity index (χ1) is 12.0. The zero-order chi connectivity index (χ0) is 17.4. The molecule has 1 aliphatic carbocycles. The van der Waals surface area contributed by atoms with Crippen molar-refractivity contribution in [1.29, 1.82) is 0 Å². The Morgan fingerprint density at radius 2 is 1.88 bits per heavy atom. The second kappa shape index (κ2) is 6.11. The van der Waals surface area contributed by atoms with E-state index in [1.807, 2.05) is 0 Å². The highest BCUT2D eigenvalue weighted by molar-refractivity contribution is 5.89. The summed E-state index contributed by atoms with van der Waals surface area (Å²) in [6.07, 6.45) is 4.47. The van der Waals surface area contributed by atoms with Gasteiger partial charge in [-0.25, -0.2) is 9.18 Å². The molecule has 0 radical (unpaired) electrons. The molecule has 2 aromatic rings. The minimum absolute atomic E-state index is 0.132. The number of nitrogens with zero attached hydrogens (tertiary/aromatic N) is 2. The Bertz CT molecular complexity index is 752. The number of hydrogen-bond acceptors (Lipinski definition) is 3. The zero-order valence-corrected chi connectivity index (χ0v) is 13.7. The lowest BCUT2D eigenvalue weighted by Crippen LogP contribution is -2.35. The molecule has 1 aliphatic heterocycles. The van der Waals surface area contributed by atoms with Gasteiger partial charge in [-0.2, -0.15) is 0 Å². The van der Waals surface area contributed by atoms with Crippen LogP contribution in [0.5, 0.6) is 0 Å². The third kappa shape index (κ3) is 3.09. The van der Waals surface area contributed by atoms with E-state index in [1.165, 1.54) is 12.1 Å². The van der Waals surface area contributed by atoms with E-state index < -0.39 is 5.60 Å². The van der Waals surface area contributed by atoms with Crippen molar-refractivity contribution in [2.45, 2.75) is 18.4 Å². The summed E-state index contributed by atoms with van der Waals surface area (Å²) in [4.78, 5) is 18.2. The van der Waals surface area contributed by atoms with Crippen LogP contribution < -0.4 is 5.32 Å². The zero-order valence-electron chi connectivity index (χ0n) is 13.7. The number of urea groups is 1. The van der Waals surface area contributed by atoms with Gasteiger partial charge in [0.25, 0.3) is 0 Å². The van der Waals surface area contributed by atoms with Crippen molar-refractivity contribution in [3.63, 3.8) is 0 Å². The van der Waals surface area contributed by atoms with Crippen LogP contribution in [0.15, 0.2) is 48.8 Å². The maximum atomic E-state index is 13.1. The van der Waals surface area contributed by atoms with Gasteiger partial charge in [0.1, 0.15) is 5.82 Å². The number of pyridine rings is 1. The van der Waals surface area contributed by atoms with Gasteiger partial charge in [0, 0.05) is 19.3 Å². The maximum Gasteiger partial charge on any atom is 0.321 e. The van der Waals surface area contributed by atoms with Crippen LogP contribution in [-0.4, -0.2) is 34.1 Å². The SMILES string of the molecule is O=C(Nc1cccnc1)N1C[C@@H]2C[C@@](O)(c3ccc(F)cc3)C[C@@H]2C1. The van der Waals surface area contributed by atoms with Crippen LogP contribution in [0.4, 0.5) is 14.9 Å². The molecule has 4 rings (SSSR count). The Morgan fingerprint density at radius 1 is 1.20 bits per heavy atom. The first kappa shape index (κ1) is 16.0. The third-order valence-electron chi connectivity index (χ3n) is 5.36. The fourth-order valence-electron chi connectivity index (χ4n) is 4.15. The van der Waals surface area contributed by atoms with E-state index in [0.29, 0.717) is 31.6 Å². The molecule has 5 nitrogen and oxygen atoms in total. The molecule has 2 amide bonds. The molecule has 1 saturated carbocycles. The number of fused-ring (bicyclic) bond motifs is 1. The van der Waals surface area contributed by atoms with E-state index in [-0.39, 0.29) is 23.7 Å². The number of rotatable bonds is 2. The predicted molar refractivity (Wildman–Crippen MR) is 91.3 cm³/mol. The molecule has 25 heavy (non-hydrogen) atoms. The normalized spacial score (nSPS) is 28.0. The lowest BCUT2D eigenvalue weighted by atomic mass is 9.90. The summed E-state index contributed by atoms with van der Waals surface area (Å²) >= 11 is 0. The summed E-state index contributed by atoms with van der Waals surface area (Å²) < 4.78 is 13.1. The van der Waals surface area contributed by atoms with Gasteiger partial charge >= 0.3 is 6.03 Å². The van der Waals surface area contributed by atoms with Crippen LogP contribution in [0, 0.1) is 17.7 Å². The highest BCUT2D eigenvalue weighted by Crippen LogP contribution is 2.49. The van der Waals surface area contributed by atoms with Crippen molar-refractivity contribution in [3.05, 3.63) is 60.2 Å². The van der Waals surface area contributed by atoms with Gasteiger partial charge in [0.15, 0.2) is 0 Å². The van der Waals surface area contributed by atoms with Crippen LogP contribution in [0.1, 0.15) is 18.4 Å². The summed E-state index contributed by atoms with van der Waals surface area (Å²) in [5.74, 6) is 0.216. The summed E-state index contributed by atoms with van der Waals surface area (Å²) in [5.41, 5.74) is 0.511. The first-order valence-corrected chi connectivity index (χ1v) is 8.48. The number of aromatic nitrogens is 1. The van der Waals surface area contributed by atoms with Crippen LogP contribution in [0.3, 0.4) is 0 Å². The lowest BCUT2D eigenvalue weighted by molar-refractivity contribution is 0.0328. The topological polar surface area (TPSA) is 65.5 Å². The van der Waals surface area contributed by atoms with Gasteiger partial charge in [-0.1, -0.05) is 12.1 Å². The summed E-state index contributed by atoms with van der Waals surface area (Å²) in [5, 5.41) is 13.8. The van der Waals surface area contributed by atoms with E-state index >= 15 is 0 Å². The number of carbonyl (C=O) groups excluding carboxylic acids is 1. The van der Waals surface area contributed by atoms with Crippen LogP contribution in [-0.2, 0) is 5.60 Å². The number of aliphatic hydroxyl groups is 1. The van der Waals surface area contributed by atoms with Crippen molar-refractivity contribution in [1.82, 2.24) is 9.88 Å². The fraction of sp³-hybridized carbons (Fsp3) is 0.368. The Kier molecular flexibility index (Phi) is 3.92. The minimum Gasteiger partial charge on any atom is -0.385 e. The fourth-order valence-corrected chi connectivity index (χ4v) is 4.15. The van der Waals surface area contributed by atoms with E-state index in [0.717, 1.165) is 5.56 Å². The Morgan fingerprint density at radius 3 is 2.48 bits per heavy atom. The van der Waals surface area contributed by atoms with E-state index in [4.69, 9.17) is 0 Å². The molecule has 0 spiro atoms. The minimum atomic E-state index is -0.922. The van der Waals surface area contributed by atoms with Crippen molar-refractivity contribution in [3.8, 4) is 0 Å². The number of nitrogens with one attached hydrogen (secondary N) is 1. The van der Waals surface area contributed by atoms with Gasteiger partial charge in [-0.15, -0.1) is 0 Å². The molecule has 3 atom stereocenters. The van der Waals surface area contributed by atoms with Crippen LogP contribution in [0.25, 0.3) is 0 Å². The van der Waals surface area contributed by atoms with Gasteiger partial charge in [-0.05, 0) is 54.5 Å². The lowest BCUT2D eigenvalue weighted by Gasteiger charge is -2.26.